The zero-order valence-electron chi connectivity index (χ0n) is 5.17. The molecule has 0 aromatic rings. The Balaban J connectivity index is 2.78. The maximum absolute atomic E-state index is 5.88. The maximum Gasteiger partial charge on any atom is 0.0492 e. The van der Waals surface area contributed by atoms with Crippen molar-refractivity contribution in [1.82, 2.24) is 0 Å². The van der Waals surface area contributed by atoms with Crippen molar-refractivity contribution in [2.45, 2.75) is 0 Å². The smallest absolute Gasteiger partial charge is 0.0492 e. The minimum absolute atomic E-state index is 0.854. The first-order valence-electron chi connectivity index (χ1n) is 2.98. The van der Waals surface area contributed by atoms with Crippen LogP contribution in [0.1, 0.15) is 0 Å². The van der Waals surface area contributed by atoms with Crippen LogP contribution in [0.4, 0.5) is 0 Å². The fraction of sp³-hybridized carbons (Fsp3) is 0. The summed E-state index contributed by atoms with van der Waals surface area (Å²) in [5, 5.41) is 4.97. The third kappa shape index (κ3) is 0.825. The molecule has 0 spiro atoms. The lowest BCUT2D eigenvalue weighted by Crippen LogP contribution is -1.66. The highest BCUT2D eigenvalue weighted by Crippen LogP contribution is 2.32. The average Bonchev–Trinajstić information content (AvgIpc) is 2.34. The molecule has 2 heteroatoms. The van der Waals surface area contributed by atoms with Gasteiger partial charge in [-0.15, -0.1) is 0 Å². The Kier molecular flexibility index (Phi) is 1.40. The van der Waals surface area contributed by atoms with Crippen molar-refractivity contribution < 1.29 is 0 Å². The highest BCUT2D eigenvalue weighted by molar-refractivity contribution is 7.08. The van der Waals surface area contributed by atoms with Gasteiger partial charge in [0.2, 0.25) is 0 Å². The van der Waals surface area contributed by atoms with Crippen molar-refractivity contribution in [3.8, 4) is 11.1 Å². The first-order valence-corrected chi connectivity index (χ1v) is 4.30. The van der Waals surface area contributed by atoms with E-state index in [1.807, 2.05) is 12.1 Å². The van der Waals surface area contributed by atoms with Crippen LogP contribution in [0.15, 0.2) is 29.0 Å². The molecule has 0 aromatic heterocycles. The molecule has 1 aliphatic heterocycles. The number of fused-ring (bicyclic) bond motifs is 1. The molecule has 0 aromatic carbocycles. The van der Waals surface area contributed by atoms with Gasteiger partial charge in [-0.1, -0.05) is 17.7 Å². The van der Waals surface area contributed by atoms with E-state index in [4.69, 9.17) is 11.6 Å². The van der Waals surface area contributed by atoms with Crippen molar-refractivity contribution in [3.05, 3.63) is 34.0 Å². The second kappa shape index (κ2) is 2.26. The normalized spacial score (nSPS) is 10.5. The quantitative estimate of drug-likeness (QED) is 0.565. The summed E-state index contributed by atoms with van der Waals surface area (Å²) in [5.41, 5.74) is 2.39. The SMILES string of the molecule is Clc1ccc2ccscc1-2. The molecule has 0 fully saturated rings. The lowest BCUT2D eigenvalue weighted by molar-refractivity contribution is 1.84. The van der Waals surface area contributed by atoms with Gasteiger partial charge in [0.1, 0.15) is 0 Å². The standard InChI is InChI=1S/C8H5ClS/c9-8-2-1-6-3-4-10-5-7(6)8/h1-5H. The van der Waals surface area contributed by atoms with E-state index in [-0.39, 0.29) is 0 Å². The molecule has 0 amide bonds. The third-order valence-electron chi connectivity index (χ3n) is 1.49. The summed E-state index contributed by atoms with van der Waals surface area (Å²) >= 11 is 7.55. The van der Waals surface area contributed by atoms with Crippen LogP contribution >= 0.6 is 22.9 Å². The van der Waals surface area contributed by atoms with Gasteiger partial charge in [-0.25, -0.2) is 0 Å². The number of hydrogen-bond acceptors (Lipinski definition) is 1. The predicted molar refractivity (Wildman–Crippen MR) is 46.0 cm³/mol. The van der Waals surface area contributed by atoms with E-state index in [9.17, 15) is 0 Å². The number of hydrogen-bond donors (Lipinski definition) is 0. The Labute approximate surface area is 68.4 Å². The Hall–Kier alpha value is -0.530. The van der Waals surface area contributed by atoms with Gasteiger partial charge < -0.3 is 0 Å². The largest absolute Gasteiger partial charge is 0.152 e. The lowest BCUT2D eigenvalue weighted by Gasteiger charge is -1.94. The molecule has 0 atom stereocenters. The molecular weight excluding hydrogens is 164 g/mol. The minimum Gasteiger partial charge on any atom is -0.152 e. The zero-order chi connectivity index (χ0) is 6.97. The van der Waals surface area contributed by atoms with Crippen LogP contribution in [0.2, 0.25) is 5.02 Å². The van der Waals surface area contributed by atoms with Crippen LogP contribution in [0.3, 0.4) is 0 Å². The van der Waals surface area contributed by atoms with E-state index < -0.39 is 0 Å². The van der Waals surface area contributed by atoms with Crippen LogP contribution in [0.25, 0.3) is 11.1 Å². The second-order valence-electron chi connectivity index (χ2n) is 2.11. The maximum atomic E-state index is 5.88. The predicted octanol–water partition coefficient (Wildman–Crippen LogP) is 3.51. The van der Waals surface area contributed by atoms with Crippen molar-refractivity contribution in [1.29, 1.82) is 0 Å². The third-order valence-corrected chi connectivity index (χ3v) is 2.48. The summed E-state index contributed by atoms with van der Waals surface area (Å²) in [6.07, 6.45) is 0. The fourth-order valence-electron chi connectivity index (χ4n) is 0.970. The summed E-state index contributed by atoms with van der Waals surface area (Å²) in [6.45, 7) is 0. The first-order chi connectivity index (χ1) is 4.88. The van der Waals surface area contributed by atoms with Gasteiger partial charge in [-0.2, -0.15) is 11.3 Å². The lowest BCUT2D eigenvalue weighted by atomic mass is 10.2. The van der Waals surface area contributed by atoms with Crippen molar-refractivity contribution in [3.63, 3.8) is 0 Å². The van der Waals surface area contributed by atoms with E-state index in [2.05, 4.69) is 16.8 Å². The Morgan fingerprint density at radius 2 is 2.10 bits per heavy atom. The summed E-state index contributed by atoms with van der Waals surface area (Å²) < 4.78 is 0. The van der Waals surface area contributed by atoms with Gasteiger partial charge in [-0.3, -0.25) is 0 Å². The zero-order valence-corrected chi connectivity index (χ0v) is 6.75. The topological polar surface area (TPSA) is 0 Å². The molecule has 10 heavy (non-hydrogen) atoms. The van der Waals surface area contributed by atoms with Gasteiger partial charge in [0.25, 0.3) is 0 Å². The van der Waals surface area contributed by atoms with Crippen molar-refractivity contribution >= 4 is 22.9 Å². The van der Waals surface area contributed by atoms with E-state index >= 15 is 0 Å². The Morgan fingerprint density at radius 1 is 1.20 bits per heavy atom. The summed E-state index contributed by atoms with van der Waals surface area (Å²) in [5.74, 6) is 0. The molecule has 1 aliphatic carbocycles. The summed E-state index contributed by atoms with van der Waals surface area (Å²) in [4.78, 5) is 0. The average molecular weight is 169 g/mol. The molecule has 2 aliphatic rings. The molecule has 0 unspecified atom stereocenters. The monoisotopic (exact) mass is 168 g/mol. The molecule has 0 radical (unpaired) electrons. The van der Waals surface area contributed by atoms with Crippen LogP contribution in [-0.4, -0.2) is 0 Å². The van der Waals surface area contributed by atoms with Gasteiger partial charge in [-0.05, 0) is 28.5 Å². The molecule has 0 nitrogen and oxygen atoms in total. The highest BCUT2D eigenvalue weighted by atomic mass is 35.5. The molecule has 1 heterocycles. The molecule has 2 rings (SSSR count). The summed E-state index contributed by atoms with van der Waals surface area (Å²) in [6, 6.07) is 6.04. The first kappa shape index (κ1) is 6.20. The van der Waals surface area contributed by atoms with Gasteiger partial charge in [0, 0.05) is 10.6 Å². The highest BCUT2D eigenvalue weighted by Gasteiger charge is 2.04. The molecule has 0 bridgehead atoms. The van der Waals surface area contributed by atoms with Crippen LogP contribution < -0.4 is 0 Å². The van der Waals surface area contributed by atoms with Crippen LogP contribution in [0, 0.1) is 0 Å². The van der Waals surface area contributed by atoms with Gasteiger partial charge in [0.15, 0.2) is 0 Å². The molecule has 50 valence electrons. The van der Waals surface area contributed by atoms with Crippen molar-refractivity contribution in [2.75, 3.05) is 0 Å². The van der Waals surface area contributed by atoms with E-state index in [1.165, 1.54) is 5.56 Å². The Bertz CT molecular complexity index is 313. The molecular formula is C8H5ClS. The Morgan fingerprint density at radius 3 is 2.90 bits per heavy atom. The number of rotatable bonds is 0. The summed E-state index contributed by atoms with van der Waals surface area (Å²) in [7, 11) is 0. The van der Waals surface area contributed by atoms with Crippen LogP contribution in [0.5, 0.6) is 0 Å². The molecule has 0 N–H and O–H groups in total. The molecule has 0 saturated heterocycles. The van der Waals surface area contributed by atoms with E-state index in [0.29, 0.717) is 0 Å². The van der Waals surface area contributed by atoms with Gasteiger partial charge >= 0.3 is 0 Å². The van der Waals surface area contributed by atoms with Crippen LogP contribution in [-0.2, 0) is 0 Å². The molecule has 0 saturated carbocycles. The second-order valence-corrected chi connectivity index (χ2v) is 3.29. The van der Waals surface area contributed by atoms with E-state index in [1.54, 1.807) is 11.3 Å². The fourth-order valence-corrected chi connectivity index (χ4v) is 1.96. The van der Waals surface area contributed by atoms with E-state index in [0.717, 1.165) is 10.6 Å². The minimum atomic E-state index is 0.854. The number of halogens is 1. The van der Waals surface area contributed by atoms with Gasteiger partial charge in [0.05, 0.1) is 0 Å². The van der Waals surface area contributed by atoms with Crippen molar-refractivity contribution in [2.24, 2.45) is 0 Å².